The van der Waals surface area contributed by atoms with Gasteiger partial charge in [0.2, 0.25) is 6.04 Å². The van der Waals surface area contributed by atoms with E-state index in [4.69, 9.17) is 60.1 Å². The Morgan fingerprint density at radius 2 is 1.38 bits per heavy atom. The Hall–Kier alpha value is -5.76. The highest BCUT2D eigenvalue weighted by atomic mass is 35.5. The van der Waals surface area contributed by atoms with Gasteiger partial charge in [0.25, 0.3) is 32.1 Å². The van der Waals surface area contributed by atoms with E-state index in [1.807, 2.05) is 0 Å². The summed E-state index contributed by atoms with van der Waals surface area (Å²) in [5.41, 5.74) is 3.75. The van der Waals surface area contributed by atoms with E-state index in [9.17, 15) is 44.8 Å². The lowest BCUT2D eigenvalue weighted by atomic mass is 10.0. The average Bonchev–Trinajstić information content (AvgIpc) is 3.66. The molecule has 1 aliphatic rings. The normalized spacial score (nSPS) is 15.2. The summed E-state index contributed by atoms with van der Waals surface area (Å²) in [6, 6.07) is 16.2. The minimum Gasteiger partial charge on any atom is -0.508 e. The van der Waals surface area contributed by atoms with Crippen LogP contribution in [0.3, 0.4) is 0 Å². The summed E-state index contributed by atoms with van der Waals surface area (Å²) >= 11 is 23.4. The summed E-state index contributed by atoms with van der Waals surface area (Å²) in [5.74, 6) is -1.45. The average molecular weight is 1190 g/mol. The van der Waals surface area contributed by atoms with E-state index in [-0.39, 0.29) is 65.9 Å². The maximum atomic E-state index is 14.4. The molecule has 5 aromatic carbocycles. The highest BCUT2D eigenvalue weighted by Gasteiger charge is 2.41. The number of phenols is 1. The van der Waals surface area contributed by atoms with E-state index >= 15 is 0 Å². The van der Waals surface area contributed by atoms with Crippen LogP contribution < -0.4 is 34.1 Å². The van der Waals surface area contributed by atoms with Crippen molar-refractivity contribution in [1.29, 1.82) is 0 Å². The lowest BCUT2D eigenvalue weighted by Crippen LogP contribution is -2.36. The molecule has 0 aliphatic carbocycles. The molecule has 1 saturated heterocycles. The van der Waals surface area contributed by atoms with Crippen molar-refractivity contribution in [3.63, 3.8) is 0 Å². The van der Waals surface area contributed by atoms with Crippen LogP contribution in [-0.2, 0) is 41.1 Å². The second-order valence-corrected chi connectivity index (χ2v) is 22.5. The quantitative estimate of drug-likeness (QED) is 0.0171. The first-order chi connectivity index (χ1) is 36.0. The van der Waals surface area contributed by atoms with Crippen molar-refractivity contribution >= 4 is 124 Å². The molecule has 0 aromatic heterocycles. The van der Waals surface area contributed by atoms with Crippen LogP contribution in [0.15, 0.2) is 110 Å². The molecule has 1 aliphatic heterocycles. The van der Waals surface area contributed by atoms with Gasteiger partial charge in [-0.15, -0.1) is 0 Å². The number of phenolic OH excluding ortho intramolecular Hbond substituents is 1. The first kappa shape index (κ1) is 59.5. The van der Waals surface area contributed by atoms with Crippen molar-refractivity contribution in [2.75, 3.05) is 22.2 Å². The number of aryl methyl sites for hydroxylation is 1. The molecule has 3 unspecified atom stereocenters. The Bertz CT molecular complexity index is 3190. The number of aliphatic imine (C=N–C) groups is 1. The number of hydrogen-bond acceptors (Lipinski definition) is 14. The third-order valence-electron chi connectivity index (χ3n) is 11.4. The van der Waals surface area contributed by atoms with Gasteiger partial charge in [-0.1, -0.05) is 111 Å². The second kappa shape index (κ2) is 27.0. The van der Waals surface area contributed by atoms with Gasteiger partial charge in [-0.05, 0) is 98.1 Å². The minimum atomic E-state index is -5.01. The van der Waals surface area contributed by atoms with Gasteiger partial charge in [0, 0.05) is 22.8 Å². The summed E-state index contributed by atoms with van der Waals surface area (Å²) in [6.07, 6.45) is 10.5. The van der Waals surface area contributed by atoms with Crippen LogP contribution >= 0.6 is 46.4 Å². The Kier molecular flexibility index (Phi) is 21.1. The second-order valence-electron chi connectivity index (χ2n) is 17.2. The first-order valence-electron chi connectivity index (χ1n) is 23.5. The smallest absolute Gasteiger partial charge is 0.316 e. The number of carbonyl (C=O) groups is 2. The number of nitrogens with zero attached hydrogens (tertiary/aromatic N) is 4. The molecule has 27 heteroatoms. The Balaban J connectivity index is 1.27. The molecule has 6 rings (SSSR count). The number of anilines is 3. The third kappa shape index (κ3) is 16.6. The highest BCUT2D eigenvalue weighted by Crippen LogP contribution is 2.39. The maximum absolute atomic E-state index is 14.4. The monoisotopic (exact) mass is 1180 g/mol. The number of carbonyl (C=O) groups excluding carboxylic acids is 2. The van der Waals surface area contributed by atoms with E-state index < -0.39 is 71.0 Å². The van der Waals surface area contributed by atoms with Gasteiger partial charge in [-0.25, -0.2) is 10.0 Å². The van der Waals surface area contributed by atoms with Gasteiger partial charge in [0.15, 0.2) is 11.9 Å². The van der Waals surface area contributed by atoms with Gasteiger partial charge in [-0.2, -0.15) is 31.3 Å². The zero-order valence-corrected chi connectivity index (χ0v) is 46.4. The number of hydrogen-bond donors (Lipinski definition) is 6. The van der Waals surface area contributed by atoms with Crippen molar-refractivity contribution in [3.05, 3.63) is 111 Å². The molecule has 1 heterocycles. The molecule has 5 aromatic rings. The van der Waals surface area contributed by atoms with E-state index in [1.54, 1.807) is 25.1 Å². The number of rotatable bonds is 26. The number of amides is 2. The number of aromatic hydroxyl groups is 1. The fraction of sp³-hybridized carbons (Fsp3) is 0.327. The summed E-state index contributed by atoms with van der Waals surface area (Å²) < 4.78 is 98.7. The predicted octanol–water partition coefficient (Wildman–Crippen LogP) is 12.3. The number of amidine groups is 1. The predicted molar refractivity (Wildman–Crippen MR) is 293 cm³/mol. The van der Waals surface area contributed by atoms with Crippen molar-refractivity contribution < 1.29 is 58.5 Å². The minimum absolute atomic E-state index is 0.00962. The molecule has 0 radical (unpaired) electrons. The zero-order valence-electron chi connectivity index (χ0n) is 41.0. The van der Waals surface area contributed by atoms with Crippen molar-refractivity contribution in [1.82, 2.24) is 5.43 Å². The summed E-state index contributed by atoms with van der Waals surface area (Å²) in [5, 5.41) is 22.8. The number of hydrazine groups is 1. The molecule has 0 bridgehead atoms. The molecule has 2 amide bonds. The zero-order chi connectivity index (χ0) is 55.3. The molecule has 20 nitrogen and oxygen atoms in total. The highest BCUT2D eigenvalue weighted by molar-refractivity contribution is 7.86. The molecule has 76 heavy (non-hydrogen) atoms. The number of ether oxygens (including phenoxy) is 2. The van der Waals surface area contributed by atoms with Gasteiger partial charge in [-0.3, -0.25) is 28.8 Å². The Morgan fingerprint density at radius 1 is 0.776 bits per heavy atom. The first-order valence-corrected chi connectivity index (χ1v) is 29.0. The Labute approximate surface area is 462 Å². The summed E-state index contributed by atoms with van der Waals surface area (Å²) in [6.45, 7) is 3.92. The third-order valence-corrected chi connectivity index (χ3v) is 15.0. The molecule has 3 atom stereocenters. The van der Waals surface area contributed by atoms with Crippen LogP contribution in [0.5, 0.6) is 23.0 Å². The van der Waals surface area contributed by atoms with Gasteiger partial charge < -0.3 is 24.1 Å². The Morgan fingerprint density at radius 3 is 1.99 bits per heavy atom. The lowest BCUT2D eigenvalue weighted by molar-refractivity contribution is -0.123. The van der Waals surface area contributed by atoms with Crippen molar-refractivity contribution in [2.45, 2.75) is 106 Å². The summed E-state index contributed by atoms with van der Waals surface area (Å²) in [4.78, 5) is 31.1. The molecule has 408 valence electrons. The number of nitrogens with one attached hydrogen (secondary N) is 3. The van der Waals surface area contributed by atoms with E-state index in [0.29, 0.717) is 35.9 Å². The van der Waals surface area contributed by atoms with Crippen LogP contribution in [0, 0.1) is 6.92 Å². The molecule has 0 saturated carbocycles. The van der Waals surface area contributed by atoms with E-state index in [2.05, 4.69) is 37.6 Å². The largest absolute Gasteiger partial charge is 0.508 e. The molecular weight excluding hydrogens is 1130 g/mol. The van der Waals surface area contributed by atoms with Crippen LogP contribution in [0.25, 0.3) is 0 Å². The summed E-state index contributed by atoms with van der Waals surface area (Å²) in [7, 11) is -8.71. The molecular formula is C49H53Cl4N7O13S3. The van der Waals surface area contributed by atoms with Crippen LogP contribution in [0.4, 0.5) is 28.4 Å². The number of benzene rings is 5. The molecule has 6 N–H and O–H groups in total. The van der Waals surface area contributed by atoms with Crippen molar-refractivity contribution in [2.24, 2.45) is 15.2 Å². The fourth-order valence-corrected chi connectivity index (χ4v) is 10.5. The fourth-order valence-electron chi connectivity index (χ4n) is 7.58. The van der Waals surface area contributed by atoms with Crippen LogP contribution in [-0.4, -0.2) is 72.2 Å². The SMILES string of the molecule is CCCCCCCCCCCCC(Oc1ccc(O)c(C)c1)C(=O)Nc1ccc(Cl)c(N=C2NN(c3c(Cl)cc(Cl)cc3Cl)C(=O)C2N=Nc2cc(NS(=O)Oc3cc(S(=O)(=O)O)cc(S(=O)(=O)O)c3)ccc2OC)c1. The number of methoxy groups -OCH3 is 1. The van der Waals surface area contributed by atoms with Gasteiger partial charge >= 0.3 is 11.3 Å². The van der Waals surface area contributed by atoms with Crippen LogP contribution in [0.1, 0.15) is 83.1 Å². The van der Waals surface area contributed by atoms with Crippen molar-refractivity contribution in [3.8, 4) is 23.0 Å². The van der Waals surface area contributed by atoms with E-state index in [0.717, 1.165) is 37.1 Å². The number of unbranched alkanes of at least 4 members (excludes halogenated alkanes) is 9. The number of azo groups is 1. The van der Waals surface area contributed by atoms with Gasteiger partial charge in [0.05, 0.1) is 43.3 Å². The van der Waals surface area contributed by atoms with Crippen LogP contribution in [0.2, 0.25) is 20.1 Å². The standard InChI is InChI=1S/C49H53Cl4N7O13S3/c1-4-5-6-7-8-9-10-11-12-13-14-44(72-33-17-19-42(61)29(2)21-33)48(62)54-31-15-18-37(51)40(24-31)55-47-45(49(63)60(58-47)46-38(52)22-30(50)23-39(46)53)57-56-41-25-32(16-20-43(41)71-3)59-74(64)73-34-26-35(75(65,66)67)28-36(27-34)76(68,69)70/h15-28,44-45,59,61H,4-14H2,1-3H3,(H,54,62)(H,55,58)(H,65,66,67)(H,68,69,70). The van der Waals surface area contributed by atoms with Gasteiger partial charge in [0.1, 0.15) is 34.4 Å². The molecule has 1 fully saturated rings. The lowest BCUT2D eigenvalue weighted by Gasteiger charge is -2.20. The van der Waals surface area contributed by atoms with E-state index in [1.165, 1.54) is 87.7 Å². The molecule has 0 spiro atoms. The number of halogens is 4. The topological polar surface area (TPSA) is 284 Å². The maximum Gasteiger partial charge on any atom is 0.316 e.